The summed E-state index contributed by atoms with van der Waals surface area (Å²) >= 11 is 0. The molecule has 152 valence electrons. The summed E-state index contributed by atoms with van der Waals surface area (Å²) in [7, 11) is 1.71. The summed E-state index contributed by atoms with van der Waals surface area (Å²) in [6, 6.07) is 18.8. The zero-order valence-electron chi connectivity index (χ0n) is 17.2. The smallest absolute Gasteiger partial charge is 0.228 e. The maximum atomic E-state index is 13.0. The third-order valence-electron chi connectivity index (χ3n) is 6.63. The molecule has 1 saturated heterocycles. The van der Waals surface area contributed by atoms with E-state index in [0.717, 1.165) is 49.8 Å². The van der Waals surface area contributed by atoms with Gasteiger partial charge in [0.2, 0.25) is 11.8 Å². The van der Waals surface area contributed by atoms with E-state index in [-0.39, 0.29) is 17.7 Å². The Balaban J connectivity index is 1.59. The fraction of sp³-hybridized carbons (Fsp3) is 0.440. The summed E-state index contributed by atoms with van der Waals surface area (Å²) in [5, 5.41) is 2.88. The van der Waals surface area contributed by atoms with E-state index >= 15 is 0 Å². The standard InChI is InChI=1S/C25H30N2O2/c1-26-24(29)25(14-7-15-27(18-25)23(28)21-11-6-12-21)17-19-8-5-13-22(16-19)20-9-3-2-4-10-20/h2-5,8-10,13,16,21H,6-7,11-12,14-15,17-18H2,1H3,(H,26,29)/t25-/m1/s1. The lowest BCUT2D eigenvalue weighted by Crippen LogP contribution is -2.55. The van der Waals surface area contributed by atoms with Crippen LogP contribution in [-0.2, 0) is 16.0 Å². The Hall–Kier alpha value is -2.62. The van der Waals surface area contributed by atoms with Crippen molar-refractivity contribution < 1.29 is 9.59 Å². The molecule has 1 saturated carbocycles. The highest BCUT2D eigenvalue weighted by Gasteiger charge is 2.44. The summed E-state index contributed by atoms with van der Waals surface area (Å²) in [6.07, 6.45) is 5.50. The molecule has 0 spiro atoms. The van der Waals surface area contributed by atoms with E-state index in [1.54, 1.807) is 7.05 Å². The molecule has 1 atom stereocenters. The molecular formula is C25H30N2O2. The lowest BCUT2D eigenvalue weighted by molar-refractivity contribution is -0.146. The average Bonchev–Trinajstić information content (AvgIpc) is 2.73. The van der Waals surface area contributed by atoms with E-state index < -0.39 is 5.41 Å². The predicted octanol–water partition coefficient (Wildman–Crippen LogP) is 4.05. The Morgan fingerprint density at radius 2 is 1.79 bits per heavy atom. The largest absolute Gasteiger partial charge is 0.359 e. The van der Waals surface area contributed by atoms with Crippen molar-refractivity contribution in [2.45, 2.75) is 38.5 Å². The normalized spacial score (nSPS) is 22.0. The fourth-order valence-corrected chi connectivity index (χ4v) is 4.79. The molecule has 1 aliphatic carbocycles. The van der Waals surface area contributed by atoms with Crippen LogP contribution in [0.4, 0.5) is 0 Å². The maximum Gasteiger partial charge on any atom is 0.228 e. The van der Waals surface area contributed by atoms with E-state index in [2.05, 4.69) is 41.7 Å². The van der Waals surface area contributed by atoms with Gasteiger partial charge in [0, 0.05) is 26.1 Å². The van der Waals surface area contributed by atoms with Crippen molar-refractivity contribution in [1.82, 2.24) is 10.2 Å². The zero-order chi connectivity index (χ0) is 20.3. The monoisotopic (exact) mass is 390 g/mol. The summed E-state index contributed by atoms with van der Waals surface area (Å²) in [4.78, 5) is 27.8. The maximum absolute atomic E-state index is 13.0. The number of rotatable bonds is 5. The first kappa shape index (κ1) is 19.7. The SMILES string of the molecule is CNC(=O)[C@@]1(Cc2cccc(-c3ccccc3)c2)CCCN(C(=O)C2CCC2)C1. The van der Waals surface area contributed by atoms with Crippen LogP contribution in [0.5, 0.6) is 0 Å². The second-order valence-electron chi connectivity index (χ2n) is 8.59. The molecule has 2 aromatic carbocycles. The first-order valence-corrected chi connectivity index (χ1v) is 10.8. The van der Waals surface area contributed by atoms with Crippen LogP contribution >= 0.6 is 0 Å². The number of carbonyl (C=O) groups is 2. The molecule has 0 unspecified atom stereocenters. The molecule has 0 radical (unpaired) electrons. The Bertz CT molecular complexity index is 875. The highest BCUT2D eigenvalue weighted by molar-refractivity contribution is 5.85. The number of nitrogens with one attached hydrogen (secondary N) is 1. The molecule has 4 rings (SSSR count). The minimum absolute atomic E-state index is 0.0497. The van der Waals surface area contributed by atoms with Gasteiger partial charge in [-0.2, -0.15) is 0 Å². The van der Waals surface area contributed by atoms with Gasteiger partial charge in [-0.1, -0.05) is 61.0 Å². The molecular weight excluding hydrogens is 360 g/mol. The van der Waals surface area contributed by atoms with Crippen LogP contribution in [0.15, 0.2) is 54.6 Å². The number of piperidine rings is 1. The number of hydrogen-bond donors (Lipinski definition) is 1. The van der Waals surface area contributed by atoms with Gasteiger partial charge in [0.25, 0.3) is 0 Å². The second kappa shape index (κ2) is 8.40. The minimum Gasteiger partial charge on any atom is -0.359 e. The van der Waals surface area contributed by atoms with Crippen LogP contribution in [0.3, 0.4) is 0 Å². The average molecular weight is 391 g/mol. The minimum atomic E-state index is -0.554. The topological polar surface area (TPSA) is 49.4 Å². The van der Waals surface area contributed by atoms with E-state index in [1.807, 2.05) is 23.1 Å². The predicted molar refractivity (Wildman–Crippen MR) is 115 cm³/mol. The van der Waals surface area contributed by atoms with Gasteiger partial charge >= 0.3 is 0 Å². The van der Waals surface area contributed by atoms with Gasteiger partial charge in [-0.3, -0.25) is 9.59 Å². The molecule has 29 heavy (non-hydrogen) atoms. The molecule has 4 nitrogen and oxygen atoms in total. The van der Waals surface area contributed by atoms with Gasteiger partial charge in [0.05, 0.1) is 5.41 Å². The first-order valence-electron chi connectivity index (χ1n) is 10.8. The van der Waals surface area contributed by atoms with Gasteiger partial charge in [-0.25, -0.2) is 0 Å². The van der Waals surface area contributed by atoms with Crippen molar-refractivity contribution in [2.24, 2.45) is 11.3 Å². The van der Waals surface area contributed by atoms with Crippen LogP contribution in [0.2, 0.25) is 0 Å². The first-order chi connectivity index (χ1) is 14.1. The summed E-state index contributed by atoms with van der Waals surface area (Å²) in [5.41, 5.74) is 2.93. The Labute approximate surface area is 173 Å². The van der Waals surface area contributed by atoms with E-state index in [0.29, 0.717) is 13.0 Å². The van der Waals surface area contributed by atoms with Gasteiger partial charge in [0.1, 0.15) is 0 Å². The summed E-state index contributed by atoms with van der Waals surface area (Å²) in [5.74, 6) is 0.480. The molecule has 2 aliphatic rings. The number of benzene rings is 2. The highest BCUT2D eigenvalue weighted by Crippen LogP contribution is 2.37. The molecule has 2 fully saturated rings. The van der Waals surface area contributed by atoms with Crippen LogP contribution in [-0.4, -0.2) is 36.9 Å². The van der Waals surface area contributed by atoms with E-state index in [1.165, 1.54) is 5.56 Å². The molecule has 2 aromatic rings. The van der Waals surface area contributed by atoms with E-state index in [4.69, 9.17) is 0 Å². The number of carbonyl (C=O) groups excluding carboxylic acids is 2. The number of nitrogens with zero attached hydrogens (tertiary/aromatic N) is 1. The molecule has 1 N–H and O–H groups in total. The van der Waals surface area contributed by atoms with Crippen molar-refractivity contribution in [3.63, 3.8) is 0 Å². The third kappa shape index (κ3) is 4.07. The fourth-order valence-electron chi connectivity index (χ4n) is 4.79. The molecule has 0 aromatic heterocycles. The molecule has 4 heteroatoms. The third-order valence-corrected chi connectivity index (χ3v) is 6.63. The molecule has 0 bridgehead atoms. The van der Waals surface area contributed by atoms with Gasteiger partial charge in [-0.15, -0.1) is 0 Å². The Morgan fingerprint density at radius 1 is 1.03 bits per heavy atom. The van der Waals surface area contributed by atoms with Crippen molar-refractivity contribution in [2.75, 3.05) is 20.1 Å². The molecule has 1 heterocycles. The van der Waals surface area contributed by atoms with Gasteiger partial charge in [0.15, 0.2) is 0 Å². The van der Waals surface area contributed by atoms with Crippen LogP contribution < -0.4 is 5.32 Å². The van der Waals surface area contributed by atoms with Crippen molar-refractivity contribution in [3.8, 4) is 11.1 Å². The molecule has 2 amide bonds. The van der Waals surface area contributed by atoms with Gasteiger partial charge < -0.3 is 10.2 Å². The van der Waals surface area contributed by atoms with Crippen LogP contribution in [0.25, 0.3) is 11.1 Å². The Kier molecular flexibility index (Phi) is 5.70. The second-order valence-corrected chi connectivity index (χ2v) is 8.59. The van der Waals surface area contributed by atoms with Crippen molar-refractivity contribution >= 4 is 11.8 Å². The summed E-state index contributed by atoms with van der Waals surface area (Å²) < 4.78 is 0. The summed E-state index contributed by atoms with van der Waals surface area (Å²) in [6.45, 7) is 1.30. The van der Waals surface area contributed by atoms with Crippen molar-refractivity contribution in [3.05, 3.63) is 60.2 Å². The number of amides is 2. The van der Waals surface area contributed by atoms with Crippen LogP contribution in [0, 0.1) is 11.3 Å². The lowest BCUT2D eigenvalue weighted by Gasteiger charge is -2.43. The zero-order valence-corrected chi connectivity index (χ0v) is 17.2. The Morgan fingerprint density at radius 3 is 2.48 bits per heavy atom. The van der Waals surface area contributed by atoms with Gasteiger partial charge in [-0.05, 0) is 48.8 Å². The van der Waals surface area contributed by atoms with Crippen LogP contribution in [0.1, 0.15) is 37.7 Å². The van der Waals surface area contributed by atoms with Crippen molar-refractivity contribution in [1.29, 1.82) is 0 Å². The highest BCUT2D eigenvalue weighted by atomic mass is 16.2. The quantitative estimate of drug-likeness (QED) is 0.837. The lowest BCUT2D eigenvalue weighted by atomic mass is 9.73. The van der Waals surface area contributed by atoms with E-state index in [9.17, 15) is 9.59 Å². The molecule has 1 aliphatic heterocycles. The number of likely N-dealkylation sites (tertiary alicyclic amines) is 1. The number of hydrogen-bond acceptors (Lipinski definition) is 2.